The summed E-state index contributed by atoms with van der Waals surface area (Å²) in [5.74, 6) is -2.28. The Morgan fingerprint density at radius 2 is 2.16 bits per heavy atom. The molecule has 5 N–H and O–H groups in total. The van der Waals surface area contributed by atoms with Crippen LogP contribution in [0.1, 0.15) is 24.4 Å². The first-order valence-electron chi connectivity index (χ1n) is 7.73. The van der Waals surface area contributed by atoms with Gasteiger partial charge in [-0.1, -0.05) is 6.07 Å². The molecule has 0 spiro atoms. The molecule has 0 aliphatic heterocycles. The molecule has 1 aliphatic rings. The zero-order valence-electron chi connectivity index (χ0n) is 13.0. The first-order chi connectivity index (χ1) is 11.7. The molecule has 136 valence electrons. The van der Waals surface area contributed by atoms with Crippen molar-refractivity contribution < 1.29 is 27.5 Å². The van der Waals surface area contributed by atoms with E-state index < -0.39 is 47.6 Å². The van der Waals surface area contributed by atoms with E-state index in [9.17, 15) is 27.5 Å². The van der Waals surface area contributed by atoms with Crippen molar-refractivity contribution in [3.63, 3.8) is 0 Å². The fourth-order valence-corrected chi connectivity index (χ4v) is 3.17. The van der Waals surface area contributed by atoms with Gasteiger partial charge >= 0.3 is 6.18 Å². The summed E-state index contributed by atoms with van der Waals surface area (Å²) >= 11 is 0. The Morgan fingerprint density at radius 3 is 2.76 bits per heavy atom. The van der Waals surface area contributed by atoms with E-state index >= 15 is 0 Å². The lowest BCUT2D eigenvalue weighted by Crippen LogP contribution is -2.53. The molecule has 1 unspecified atom stereocenters. The number of aromatic nitrogens is 1. The van der Waals surface area contributed by atoms with Crippen LogP contribution in [0.4, 0.5) is 17.6 Å². The minimum Gasteiger partial charge on any atom is -0.393 e. The SMILES string of the molecule is N[C@H]1C[C@@H](O)[C@@H]1CC(=O)NC(c1c[nH]c2cccc(F)c12)C(F)(F)F. The smallest absolute Gasteiger partial charge is 0.393 e. The van der Waals surface area contributed by atoms with Crippen molar-refractivity contribution in [2.75, 3.05) is 0 Å². The van der Waals surface area contributed by atoms with Gasteiger partial charge in [-0.25, -0.2) is 4.39 Å². The van der Waals surface area contributed by atoms with Gasteiger partial charge in [0.05, 0.1) is 6.10 Å². The summed E-state index contributed by atoms with van der Waals surface area (Å²) in [4.78, 5) is 14.6. The van der Waals surface area contributed by atoms with Crippen LogP contribution in [0.15, 0.2) is 24.4 Å². The normalized spacial score (nSPS) is 24.8. The molecule has 4 atom stereocenters. The fourth-order valence-electron chi connectivity index (χ4n) is 3.17. The van der Waals surface area contributed by atoms with Gasteiger partial charge in [0.1, 0.15) is 5.82 Å². The number of aliphatic hydroxyl groups is 1. The van der Waals surface area contributed by atoms with E-state index in [2.05, 4.69) is 4.98 Å². The van der Waals surface area contributed by atoms with Gasteiger partial charge in [-0.15, -0.1) is 0 Å². The van der Waals surface area contributed by atoms with E-state index in [0.29, 0.717) is 6.42 Å². The quantitative estimate of drug-likeness (QED) is 0.631. The molecule has 0 bridgehead atoms. The second-order valence-electron chi connectivity index (χ2n) is 6.28. The highest BCUT2D eigenvalue weighted by Gasteiger charge is 2.45. The van der Waals surface area contributed by atoms with Crippen molar-refractivity contribution in [1.82, 2.24) is 10.3 Å². The highest BCUT2D eigenvalue weighted by Crippen LogP contribution is 2.38. The fraction of sp³-hybridized carbons (Fsp3) is 0.438. The molecular weight excluding hydrogens is 342 g/mol. The summed E-state index contributed by atoms with van der Waals surface area (Å²) in [5, 5.41) is 11.2. The van der Waals surface area contributed by atoms with E-state index in [0.717, 1.165) is 12.3 Å². The third-order valence-electron chi connectivity index (χ3n) is 4.61. The zero-order chi connectivity index (χ0) is 18.4. The van der Waals surface area contributed by atoms with Crippen LogP contribution in [-0.4, -0.2) is 34.3 Å². The van der Waals surface area contributed by atoms with Crippen molar-refractivity contribution in [3.05, 3.63) is 35.8 Å². The number of alkyl halides is 3. The Morgan fingerprint density at radius 1 is 1.44 bits per heavy atom. The zero-order valence-corrected chi connectivity index (χ0v) is 13.0. The summed E-state index contributed by atoms with van der Waals surface area (Å²) in [6, 6.07) is 1.09. The molecule has 1 amide bonds. The van der Waals surface area contributed by atoms with Crippen LogP contribution in [0.25, 0.3) is 10.9 Å². The van der Waals surface area contributed by atoms with Crippen LogP contribution in [0.2, 0.25) is 0 Å². The van der Waals surface area contributed by atoms with Crippen LogP contribution in [-0.2, 0) is 4.79 Å². The molecule has 1 aromatic heterocycles. The number of fused-ring (bicyclic) bond motifs is 1. The van der Waals surface area contributed by atoms with Crippen molar-refractivity contribution in [1.29, 1.82) is 0 Å². The van der Waals surface area contributed by atoms with E-state index in [1.807, 2.05) is 5.32 Å². The summed E-state index contributed by atoms with van der Waals surface area (Å²) < 4.78 is 54.4. The third-order valence-corrected chi connectivity index (χ3v) is 4.61. The Balaban J connectivity index is 1.86. The number of amides is 1. The highest BCUT2D eigenvalue weighted by atomic mass is 19.4. The van der Waals surface area contributed by atoms with Gasteiger partial charge in [-0.05, 0) is 18.6 Å². The molecule has 3 rings (SSSR count). The van der Waals surface area contributed by atoms with Gasteiger partial charge in [-0.2, -0.15) is 13.2 Å². The monoisotopic (exact) mass is 359 g/mol. The number of carbonyl (C=O) groups is 1. The number of hydrogen-bond donors (Lipinski definition) is 4. The highest BCUT2D eigenvalue weighted by molar-refractivity contribution is 5.85. The van der Waals surface area contributed by atoms with Crippen LogP contribution in [0, 0.1) is 11.7 Å². The minimum atomic E-state index is -4.81. The average Bonchev–Trinajstić information content (AvgIpc) is 2.94. The average molecular weight is 359 g/mol. The maximum Gasteiger partial charge on any atom is 0.412 e. The lowest BCUT2D eigenvalue weighted by molar-refractivity contribution is -0.164. The second kappa shape index (κ2) is 6.30. The van der Waals surface area contributed by atoms with Gasteiger partial charge in [0.15, 0.2) is 6.04 Å². The number of nitrogens with two attached hydrogens (primary N) is 1. The van der Waals surface area contributed by atoms with E-state index in [-0.39, 0.29) is 17.3 Å². The van der Waals surface area contributed by atoms with Gasteiger partial charge in [0.2, 0.25) is 5.91 Å². The first kappa shape index (κ1) is 17.7. The second-order valence-corrected chi connectivity index (χ2v) is 6.28. The standard InChI is InChI=1S/C16H17F4N3O2/c17-9-2-1-3-11-14(9)8(6-22-11)15(16(18,19)20)23-13(25)4-7-10(21)5-12(7)24/h1-3,6-7,10,12,15,22,24H,4-5,21H2,(H,23,25)/t7-,10+,12-,15?/m1/s1. The number of rotatable bonds is 4. The number of aromatic amines is 1. The van der Waals surface area contributed by atoms with Crippen LogP contribution in [0.3, 0.4) is 0 Å². The molecule has 1 fully saturated rings. The number of aliphatic hydroxyl groups excluding tert-OH is 1. The molecule has 1 saturated carbocycles. The minimum absolute atomic E-state index is 0.204. The lowest BCUT2D eigenvalue weighted by Gasteiger charge is -2.39. The van der Waals surface area contributed by atoms with Gasteiger partial charge in [-0.3, -0.25) is 4.79 Å². The Kier molecular flexibility index (Phi) is 4.46. The molecule has 25 heavy (non-hydrogen) atoms. The van der Waals surface area contributed by atoms with Crippen LogP contribution >= 0.6 is 0 Å². The number of hydrogen-bond acceptors (Lipinski definition) is 3. The first-order valence-corrected chi connectivity index (χ1v) is 7.73. The molecule has 1 heterocycles. The maximum absolute atomic E-state index is 14.0. The summed E-state index contributed by atoms with van der Waals surface area (Å²) in [6.45, 7) is 0. The van der Waals surface area contributed by atoms with Gasteiger partial charge in [0.25, 0.3) is 0 Å². The van der Waals surface area contributed by atoms with Gasteiger partial charge < -0.3 is 21.1 Å². The number of H-pyrrole nitrogens is 1. The molecular formula is C16H17F4N3O2. The van der Waals surface area contributed by atoms with Gasteiger partial charge in [0, 0.05) is 41.0 Å². The molecule has 0 saturated heterocycles. The summed E-state index contributed by atoms with van der Waals surface area (Å²) in [6.07, 6.45) is -4.58. The summed E-state index contributed by atoms with van der Waals surface area (Å²) in [7, 11) is 0. The number of carbonyl (C=O) groups excluding carboxylic acids is 1. The number of benzene rings is 1. The lowest BCUT2D eigenvalue weighted by atomic mass is 9.75. The maximum atomic E-state index is 14.0. The Hall–Kier alpha value is -2.13. The molecule has 2 aromatic rings. The number of nitrogens with one attached hydrogen (secondary N) is 2. The van der Waals surface area contributed by atoms with E-state index in [1.54, 1.807) is 0 Å². The van der Waals surface area contributed by atoms with Crippen molar-refractivity contribution in [3.8, 4) is 0 Å². The third kappa shape index (κ3) is 3.34. The Bertz CT molecular complexity index is 781. The molecule has 5 nitrogen and oxygen atoms in total. The Labute approximate surface area is 140 Å². The van der Waals surface area contributed by atoms with Crippen molar-refractivity contribution >= 4 is 16.8 Å². The predicted octanol–water partition coefficient (Wildman–Crippen LogP) is 2.12. The molecule has 0 radical (unpaired) electrons. The van der Waals surface area contributed by atoms with Crippen molar-refractivity contribution in [2.24, 2.45) is 11.7 Å². The van der Waals surface area contributed by atoms with Crippen LogP contribution in [0.5, 0.6) is 0 Å². The molecule has 1 aromatic carbocycles. The number of halogens is 4. The topological polar surface area (TPSA) is 91.1 Å². The molecule has 1 aliphatic carbocycles. The summed E-state index contributed by atoms with van der Waals surface area (Å²) in [5.41, 5.74) is 5.46. The van der Waals surface area contributed by atoms with Crippen LogP contribution < -0.4 is 11.1 Å². The van der Waals surface area contributed by atoms with Crippen molar-refractivity contribution in [2.45, 2.75) is 37.2 Å². The predicted molar refractivity (Wildman–Crippen MR) is 81.9 cm³/mol. The van der Waals surface area contributed by atoms with E-state index in [1.165, 1.54) is 12.1 Å². The molecule has 9 heteroatoms. The largest absolute Gasteiger partial charge is 0.412 e. The van der Waals surface area contributed by atoms with E-state index in [4.69, 9.17) is 5.73 Å².